The molecule has 3 rings (SSSR count). The van der Waals surface area contributed by atoms with E-state index in [0.29, 0.717) is 12.0 Å². The minimum Gasteiger partial charge on any atom is -0.299 e. The van der Waals surface area contributed by atoms with Crippen LogP contribution in [0.2, 0.25) is 0 Å². The summed E-state index contributed by atoms with van der Waals surface area (Å²) < 4.78 is 14.5. The van der Waals surface area contributed by atoms with E-state index in [4.69, 9.17) is 5.26 Å². The van der Waals surface area contributed by atoms with Gasteiger partial charge in [0.25, 0.3) is 0 Å². The Morgan fingerprint density at radius 1 is 1.12 bits per heavy atom. The smallest absolute Gasteiger partial charge is 0.131 e. The average molecular weight is 322 g/mol. The second-order valence-corrected chi connectivity index (χ2v) is 7.10. The zero-order valence-electron chi connectivity index (χ0n) is 14.1. The Labute approximate surface area is 143 Å². The number of hydrogen-bond acceptors (Lipinski definition) is 2. The molecule has 0 N–H and O–H groups in total. The summed E-state index contributed by atoms with van der Waals surface area (Å²) in [6.45, 7) is 4.91. The lowest BCUT2D eigenvalue weighted by molar-refractivity contribution is 0.116. The van der Waals surface area contributed by atoms with Gasteiger partial charge in [0.15, 0.2) is 0 Å². The van der Waals surface area contributed by atoms with Gasteiger partial charge in [-0.05, 0) is 48.5 Å². The molecule has 1 saturated heterocycles. The molecule has 1 aliphatic heterocycles. The van der Waals surface area contributed by atoms with Gasteiger partial charge in [-0.1, -0.05) is 49.4 Å². The molecule has 1 fully saturated rings. The average Bonchev–Trinajstić information content (AvgIpc) is 2.58. The van der Waals surface area contributed by atoms with Crippen LogP contribution in [0.3, 0.4) is 0 Å². The van der Waals surface area contributed by atoms with Crippen molar-refractivity contribution in [2.24, 2.45) is 5.41 Å². The van der Waals surface area contributed by atoms with Crippen LogP contribution in [0.1, 0.15) is 31.7 Å². The molecular weight excluding hydrogens is 299 g/mol. The molecule has 2 nitrogen and oxygen atoms in total. The molecule has 3 heteroatoms. The van der Waals surface area contributed by atoms with Crippen molar-refractivity contribution < 1.29 is 4.39 Å². The number of nitrogens with zero attached hydrogens (tertiary/aromatic N) is 2. The van der Waals surface area contributed by atoms with Crippen LogP contribution >= 0.6 is 0 Å². The predicted octanol–water partition coefficient (Wildman–Crippen LogP) is 5.01. The molecule has 24 heavy (non-hydrogen) atoms. The number of nitriles is 1. The zero-order valence-corrected chi connectivity index (χ0v) is 14.1. The summed E-state index contributed by atoms with van der Waals surface area (Å²) in [5.74, 6) is -0.162. The van der Waals surface area contributed by atoms with Gasteiger partial charge in [0.05, 0.1) is 6.07 Å². The van der Waals surface area contributed by atoms with E-state index in [0.717, 1.165) is 43.6 Å². The van der Waals surface area contributed by atoms with Gasteiger partial charge in [-0.2, -0.15) is 5.26 Å². The first-order chi connectivity index (χ1) is 11.6. The third-order valence-electron chi connectivity index (χ3n) is 5.09. The van der Waals surface area contributed by atoms with E-state index in [9.17, 15) is 4.39 Å². The highest BCUT2D eigenvalue weighted by molar-refractivity contribution is 5.64. The third kappa shape index (κ3) is 3.83. The molecule has 0 amide bonds. The fraction of sp³-hybridized carbons (Fsp3) is 0.381. The first-order valence-electron chi connectivity index (χ1n) is 8.53. The lowest BCUT2D eigenvalue weighted by Crippen LogP contribution is -2.38. The highest BCUT2D eigenvalue weighted by Gasteiger charge is 2.29. The Balaban J connectivity index is 1.65. The summed E-state index contributed by atoms with van der Waals surface area (Å²) in [4.78, 5) is 2.36. The molecule has 0 aliphatic carbocycles. The van der Waals surface area contributed by atoms with Crippen LogP contribution in [0, 0.1) is 22.6 Å². The molecule has 0 bridgehead atoms. The van der Waals surface area contributed by atoms with E-state index in [-0.39, 0.29) is 11.2 Å². The fourth-order valence-electron chi connectivity index (χ4n) is 3.39. The summed E-state index contributed by atoms with van der Waals surface area (Å²) in [5, 5.41) is 8.93. The molecular formula is C21H23FN2. The van der Waals surface area contributed by atoms with Crippen molar-refractivity contribution in [3.63, 3.8) is 0 Å². The van der Waals surface area contributed by atoms with Crippen LogP contribution in [0.25, 0.3) is 11.1 Å². The third-order valence-corrected chi connectivity index (χ3v) is 5.09. The van der Waals surface area contributed by atoms with Crippen molar-refractivity contribution in [3.8, 4) is 17.2 Å². The number of halogens is 1. The van der Waals surface area contributed by atoms with Gasteiger partial charge in [-0.3, -0.25) is 4.90 Å². The minimum absolute atomic E-state index is 0.146. The van der Waals surface area contributed by atoms with Crippen LogP contribution in [0.5, 0.6) is 0 Å². The first-order valence-corrected chi connectivity index (χ1v) is 8.53. The minimum atomic E-state index is -0.162. The number of piperidine rings is 1. The standard InChI is InChI=1S/C21H23FN2/c1-21(9-12-23)10-13-24(14-11-21)16-17-7-8-19(20(22)15-17)18-5-3-2-4-6-18/h2-8,15H,9-11,13-14,16H2,1H3. The molecule has 0 atom stereocenters. The van der Waals surface area contributed by atoms with E-state index in [1.54, 1.807) is 6.07 Å². The van der Waals surface area contributed by atoms with Crippen molar-refractivity contribution in [3.05, 3.63) is 59.9 Å². The largest absolute Gasteiger partial charge is 0.299 e. The fourth-order valence-corrected chi connectivity index (χ4v) is 3.39. The van der Waals surface area contributed by atoms with E-state index in [1.807, 2.05) is 42.5 Å². The molecule has 0 saturated carbocycles. The van der Waals surface area contributed by atoms with E-state index < -0.39 is 0 Å². The number of rotatable bonds is 4. The van der Waals surface area contributed by atoms with Gasteiger partial charge in [-0.25, -0.2) is 4.39 Å². The number of likely N-dealkylation sites (tertiary alicyclic amines) is 1. The predicted molar refractivity (Wildman–Crippen MR) is 94.7 cm³/mol. The summed E-state index contributed by atoms with van der Waals surface area (Å²) in [5.41, 5.74) is 2.72. The van der Waals surface area contributed by atoms with Crippen LogP contribution in [-0.2, 0) is 6.54 Å². The molecule has 0 aromatic heterocycles. The number of benzene rings is 2. The second kappa shape index (κ2) is 7.15. The Hall–Kier alpha value is -2.18. The summed E-state index contributed by atoms with van der Waals surface area (Å²) >= 11 is 0. The van der Waals surface area contributed by atoms with Crippen LogP contribution < -0.4 is 0 Å². The monoisotopic (exact) mass is 322 g/mol. The summed E-state index contributed by atoms with van der Waals surface area (Å²) in [6.07, 6.45) is 2.69. The molecule has 1 aliphatic rings. The van der Waals surface area contributed by atoms with E-state index in [1.165, 1.54) is 0 Å². The topological polar surface area (TPSA) is 27.0 Å². The van der Waals surface area contributed by atoms with Gasteiger partial charge < -0.3 is 0 Å². The molecule has 0 radical (unpaired) electrons. The Bertz CT molecular complexity index is 725. The first kappa shape index (κ1) is 16.7. The summed E-state index contributed by atoms with van der Waals surface area (Å²) in [6, 6.07) is 17.5. The molecule has 2 aromatic rings. The second-order valence-electron chi connectivity index (χ2n) is 7.10. The maximum atomic E-state index is 14.5. The Morgan fingerprint density at radius 2 is 1.83 bits per heavy atom. The molecule has 124 valence electrons. The Morgan fingerprint density at radius 3 is 2.46 bits per heavy atom. The van der Waals surface area contributed by atoms with Crippen molar-refractivity contribution in [2.75, 3.05) is 13.1 Å². The van der Waals surface area contributed by atoms with Crippen LogP contribution in [-0.4, -0.2) is 18.0 Å². The highest BCUT2D eigenvalue weighted by atomic mass is 19.1. The maximum Gasteiger partial charge on any atom is 0.131 e. The van der Waals surface area contributed by atoms with Crippen molar-refractivity contribution in [1.29, 1.82) is 5.26 Å². The lowest BCUT2D eigenvalue weighted by Gasteiger charge is -2.38. The van der Waals surface area contributed by atoms with Crippen molar-refractivity contribution >= 4 is 0 Å². The molecule has 0 unspecified atom stereocenters. The molecule has 2 aromatic carbocycles. The van der Waals surface area contributed by atoms with Gasteiger partial charge in [0, 0.05) is 18.5 Å². The normalized spacial score (nSPS) is 17.4. The van der Waals surface area contributed by atoms with Crippen molar-refractivity contribution in [2.45, 2.75) is 32.7 Å². The van der Waals surface area contributed by atoms with Gasteiger partial charge >= 0.3 is 0 Å². The quantitative estimate of drug-likeness (QED) is 0.791. The lowest BCUT2D eigenvalue weighted by atomic mass is 9.78. The number of hydrogen-bond donors (Lipinski definition) is 0. The summed E-state index contributed by atoms with van der Waals surface area (Å²) in [7, 11) is 0. The van der Waals surface area contributed by atoms with Crippen molar-refractivity contribution in [1.82, 2.24) is 4.90 Å². The van der Waals surface area contributed by atoms with Gasteiger partial charge in [-0.15, -0.1) is 0 Å². The van der Waals surface area contributed by atoms with Crippen LogP contribution in [0.4, 0.5) is 4.39 Å². The molecule has 1 heterocycles. The van der Waals surface area contributed by atoms with Gasteiger partial charge in [0.1, 0.15) is 5.82 Å². The Kier molecular flexibility index (Phi) is 4.97. The van der Waals surface area contributed by atoms with Gasteiger partial charge in [0.2, 0.25) is 0 Å². The highest BCUT2D eigenvalue weighted by Crippen LogP contribution is 2.34. The van der Waals surface area contributed by atoms with E-state index >= 15 is 0 Å². The van der Waals surface area contributed by atoms with E-state index in [2.05, 4.69) is 17.9 Å². The SMILES string of the molecule is CC1(CC#N)CCN(Cc2ccc(-c3ccccc3)c(F)c2)CC1. The maximum absolute atomic E-state index is 14.5. The molecule has 0 spiro atoms. The zero-order chi connectivity index (χ0) is 17.0. The van der Waals surface area contributed by atoms with Crippen LogP contribution in [0.15, 0.2) is 48.5 Å².